The van der Waals surface area contributed by atoms with Crippen LogP contribution >= 0.6 is 0 Å². The average Bonchev–Trinajstić information content (AvgIpc) is 2.60. The van der Waals surface area contributed by atoms with E-state index < -0.39 is 12.0 Å². The maximum Gasteiger partial charge on any atom is 0.320 e. The summed E-state index contributed by atoms with van der Waals surface area (Å²) in [5.41, 5.74) is 0. The number of hydrogen-bond acceptors (Lipinski definition) is 3. The number of carbonyl (C=O) groups is 2. The van der Waals surface area contributed by atoms with Crippen molar-refractivity contribution in [1.82, 2.24) is 10.2 Å². The first kappa shape index (κ1) is 13.0. The second-order valence-electron chi connectivity index (χ2n) is 4.32. The second-order valence-corrected chi connectivity index (χ2v) is 4.32. The molecule has 0 bridgehead atoms. The lowest BCUT2D eigenvalue weighted by atomic mass is 10.1. The SMILES string of the molecule is CCCC(C(=O)O)N1CCC(NC(C)=O)C1. The zero-order valence-electron chi connectivity index (χ0n) is 9.90. The van der Waals surface area contributed by atoms with Gasteiger partial charge < -0.3 is 10.4 Å². The fourth-order valence-corrected chi connectivity index (χ4v) is 2.21. The van der Waals surface area contributed by atoms with Crippen LogP contribution in [0.1, 0.15) is 33.1 Å². The number of carboxylic acid groups (broad SMARTS) is 1. The van der Waals surface area contributed by atoms with Crippen LogP contribution in [0.2, 0.25) is 0 Å². The van der Waals surface area contributed by atoms with E-state index in [0.29, 0.717) is 13.0 Å². The predicted octanol–water partition coefficient (Wildman–Crippen LogP) is 0.450. The largest absolute Gasteiger partial charge is 0.480 e. The molecule has 0 aliphatic carbocycles. The van der Waals surface area contributed by atoms with Crippen molar-refractivity contribution in [2.24, 2.45) is 0 Å². The van der Waals surface area contributed by atoms with Crippen LogP contribution in [0.4, 0.5) is 0 Å². The van der Waals surface area contributed by atoms with Gasteiger partial charge in [0.15, 0.2) is 0 Å². The zero-order valence-corrected chi connectivity index (χ0v) is 9.90. The molecule has 1 saturated heterocycles. The third-order valence-corrected chi connectivity index (χ3v) is 2.92. The summed E-state index contributed by atoms with van der Waals surface area (Å²) in [5, 5.41) is 11.9. The first-order chi connectivity index (χ1) is 7.54. The van der Waals surface area contributed by atoms with Gasteiger partial charge in [0.1, 0.15) is 6.04 Å². The van der Waals surface area contributed by atoms with Crippen molar-refractivity contribution in [3.05, 3.63) is 0 Å². The van der Waals surface area contributed by atoms with Gasteiger partial charge >= 0.3 is 5.97 Å². The molecular formula is C11H20N2O3. The summed E-state index contributed by atoms with van der Waals surface area (Å²) in [6.07, 6.45) is 2.37. The van der Waals surface area contributed by atoms with Crippen molar-refractivity contribution < 1.29 is 14.7 Å². The molecule has 0 radical (unpaired) electrons. The van der Waals surface area contributed by atoms with Crippen molar-refractivity contribution in [2.75, 3.05) is 13.1 Å². The molecule has 0 aromatic carbocycles. The fraction of sp³-hybridized carbons (Fsp3) is 0.818. The Hall–Kier alpha value is -1.10. The van der Waals surface area contributed by atoms with E-state index in [-0.39, 0.29) is 11.9 Å². The van der Waals surface area contributed by atoms with E-state index in [2.05, 4.69) is 5.32 Å². The van der Waals surface area contributed by atoms with Crippen molar-refractivity contribution in [1.29, 1.82) is 0 Å². The van der Waals surface area contributed by atoms with Gasteiger partial charge in [0.2, 0.25) is 5.91 Å². The van der Waals surface area contributed by atoms with Crippen LogP contribution in [-0.2, 0) is 9.59 Å². The standard InChI is InChI=1S/C11H20N2O3/c1-3-4-10(11(15)16)13-6-5-9(7-13)12-8(2)14/h9-10H,3-7H2,1-2H3,(H,12,14)(H,15,16). The number of carbonyl (C=O) groups excluding carboxylic acids is 1. The highest BCUT2D eigenvalue weighted by Crippen LogP contribution is 2.16. The average molecular weight is 228 g/mol. The number of carboxylic acids is 1. The third-order valence-electron chi connectivity index (χ3n) is 2.92. The highest BCUT2D eigenvalue weighted by molar-refractivity contribution is 5.74. The summed E-state index contributed by atoms with van der Waals surface area (Å²) in [5.74, 6) is -0.806. The van der Waals surface area contributed by atoms with Crippen LogP contribution in [-0.4, -0.2) is 47.1 Å². The second kappa shape index (κ2) is 5.84. The Morgan fingerprint density at radius 1 is 1.56 bits per heavy atom. The number of likely N-dealkylation sites (tertiary alicyclic amines) is 1. The molecule has 2 atom stereocenters. The normalized spacial score (nSPS) is 23.0. The minimum atomic E-state index is -0.759. The number of hydrogen-bond donors (Lipinski definition) is 2. The topological polar surface area (TPSA) is 69.6 Å². The molecule has 0 aromatic heterocycles. The fourth-order valence-electron chi connectivity index (χ4n) is 2.21. The van der Waals surface area contributed by atoms with E-state index >= 15 is 0 Å². The van der Waals surface area contributed by atoms with E-state index in [0.717, 1.165) is 19.4 Å². The number of aliphatic carboxylic acids is 1. The molecule has 2 unspecified atom stereocenters. The highest BCUT2D eigenvalue weighted by Gasteiger charge is 2.31. The van der Waals surface area contributed by atoms with E-state index in [1.807, 2.05) is 11.8 Å². The van der Waals surface area contributed by atoms with Crippen LogP contribution < -0.4 is 5.32 Å². The van der Waals surface area contributed by atoms with E-state index in [1.165, 1.54) is 6.92 Å². The molecule has 0 saturated carbocycles. The van der Waals surface area contributed by atoms with E-state index in [9.17, 15) is 9.59 Å². The first-order valence-corrected chi connectivity index (χ1v) is 5.78. The first-order valence-electron chi connectivity index (χ1n) is 5.78. The van der Waals surface area contributed by atoms with Gasteiger partial charge in [-0.3, -0.25) is 14.5 Å². The van der Waals surface area contributed by atoms with Crippen LogP contribution in [0, 0.1) is 0 Å². The Balaban J connectivity index is 2.49. The number of amides is 1. The number of nitrogens with one attached hydrogen (secondary N) is 1. The monoisotopic (exact) mass is 228 g/mol. The van der Waals surface area contributed by atoms with Gasteiger partial charge in [-0.1, -0.05) is 13.3 Å². The van der Waals surface area contributed by atoms with Gasteiger partial charge in [-0.05, 0) is 12.8 Å². The van der Waals surface area contributed by atoms with Crippen molar-refractivity contribution in [2.45, 2.75) is 45.2 Å². The molecule has 5 nitrogen and oxygen atoms in total. The zero-order chi connectivity index (χ0) is 12.1. The lowest BCUT2D eigenvalue weighted by molar-refractivity contribution is -0.143. The molecule has 2 N–H and O–H groups in total. The van der Waals surface area contributed by atoms with Crippen LogP contribution in [0.3, 0.4) is 0 Å². The molecule has 0 aromatic rings. The van der Waals surface area contributed by atoms with Gasteiger partial charge in [-0.2, -0.15) is 0 Å². The Bertz CT molecular complexity index is 268. The van der Waals surface area contributed by atoms with E-state index in [4.69, 9.17) is 5.11 Å². The maximum absolute atomic E-state index is 11.1. The third kappa shape index (κ3) is 3.48. The van der Waals surface area contributed by atoms with Gasteiger partial charge in [0, 0.05) is 26.1 Å². The van der Waals surface area contributed by atoms with Crippen molar-refractivity contribution >= 4 is 11.9 Å². The molecule has 1 heterocycles. The van der Waals surface area contributed by atoms with Gasteiger partial charge in [-0.15, -0.1) is 0 Å². The van der Waals surface area contributed by atoms with E-state index in [1.54, 1.807) is 0 Å². The summed E-state index contributed by atoms with van der Waals surface area (Å²) in [6.45, 7) is 4.87. The van der Waals surface area contributed by atoms with Crippen LogP contribution in [0.15, 0.2) is 0 Å². The molecule has 1 rings (SSSR count). The summed E-state index contributed by atoms with van der Waals surface area (Å²) in [7, 11) is 0. The summed E-state index contributed by atoms with van der Waals surface area (Å²) in [6, 6.07) is -0.292. The predicted molar refractivity (Wildman–Crippen MR) is 60.1 cm³/mol. The molecule has 1 fully saturated rings. The highest BCUT2D eigenvalue weighted by atomic mass is 16.4. The number of nitrogens with zero attached hydrogens (tertiary/aromatic N) is 1. The van der Waals surface area contributed by atoms with Crippen molar-refractivity contribution in [3.8, 4) is 0 Å². The Morgan fingerprint density at radius 2 is 2.25 bits per heavy atom. The van der Waals surface area contributed by atoms with Gasteiger partial charge in [0.25, 0.3) is 0 Å². The molecule has 1 amide bonds. The summed E-state index contributed by atoms with van der Waals surface area (Å²) < 4.78 is 0. The van der Waals surface area contributed by atoms with Gasteiger partial charge in [0.05, 0.1) is 0 Å². The Kier molecular flexibility index (Phi) is 4.73. The Morgan fingerprint density at radius 3 is 2.75 bits per heavy atom. The van der Waals surface area contributed by atoms with Crippen LogP contribution in [0.5, 0.6) is 0 Å². The smallest absolute Gasteiger partial charge is 0.320 e. The molecule has 5 heteroatoms. The molecule has 92 valence electrons. The minimum Gasteiger partial charge on any atom is -0.480 e. The maximum atomic E-state index is 11.1. The molecule has 16 heavy (non-hydrogen) atoms. The molecule has 0 spiro atoms. The number of rotatable bonds is 5. The lowest BCUT2D eigenvalue weighted by Crippen LogP contribution is -2.42. The molecule has 1 aliphatic rings. The van der Waals surface area contributed by atoms with Crippen LogP contribution in [0.25, 0.3) is 0 Å². The molecule has 1 aliphatic heterocycles. The summed E-state index contributed by atoms with van der Waals surface area (Å²) >= 11 is 0. The summed E-state index contributed by atoms with van der Waals surface area (Å²) in [4.78, 5) is 23.9. The Labute approximate surface area is 95.8 Å². The lowest BCUT2D eigenvalue weighted by Gasteiger charge is -2.23. The molecular weight excluding hydrogens is 208 g/mol. The quantitative estimate of drug-likeness (QED) is 0.717. The van der Waals surface area contributed by atoms with Crippen molar-refractivity contribution in [3.63, 3.8) is 0 Å². The van der Waals surface area contributed by atoms with Gasteiger partial charge in [-0.25, -0.2) is 0 Å². The minimum absolute atomic E-state index is 0.0470.